The minimum Gasteiger partial charge on any atom is -0.350 e. The van der Waals surface area contributed by atoms with Gasteiger partial charge in [0.15, 0.2) is 0 Å². The van der Waals surface area contributed by atoms with Gasteiger partial charge in [-0.2, -0.15) is 0 Å². The maximum Gasteiger partial charge on any atom is 0.243 e. The number of benzene rings is 1. The van der Waals surface area contributed by atoms with Gasteiger partial charge in [-0.25, -0.2) is 0 Å². The molecule has 6 N–H and O–H groups in total. The van der Waals surface area contributed by atoms with Crippen LogP contribution in [-0.2, 0) is 20.9 Å². The molecule has 0 aromatic heterocycles. The summed E-state index contributed by atoms with van der Waals surface area (Å²) in [5, 5.41) is 5.55. The molecular formula is C20H33N5O3. The molecule has 3 amide bonds. The standard InChI is InChI=1S/C20H33N5O3/c1-3-13-25(18(26)10-12-22)15(2)19(27)24-17(9-11-21)20(28)23-14-16-7-5-4-6-8-16/h4-8,15,17H,3,9-14,21-22H2,1-2H3,(H,23,28)(H,24,27)/t15-,17-/m0/s1. The number of carbonyl (C=O) groups excluding carboxylic acids is 3. The summed E-state index contributed by atoms with van der Waals surface area (Å²) in [5.74, 6) is -0.854. The molecule has 0 aliphatic heterocycles. The third-order valence-electron chi connectivity index (χ3n) is 4.39. The minimum atomic E-state index is -0.753. The van der Waals surface area contributed by atoms with Gasteiger partial charge in [-0.15, -0.1) is 0 Å². The Morgan fingerprint density at radius 1 is 1.07 bits per heavy atom. The zero-order valence-electron chi connectivity index (χ0n) is 16.8. The van der Waals surface area contributed by atoms with Gasteiger partial charge in [-0.05, 0) is 31.9 Å². The molecule has 0 heterocycles. The third kappa shape index (κ3) is 7.66. The monoisotopic (exact) mass is 391 g/mol. The number of carbonyl (C=O) groups is 3. The Balaban J connectivity index is 2.72. The molecule has 0 aliphatic rings. The van der Waals surface area contributed by atoms with E-state index in [1.54, 1.807) is 6.92 Å². The number of nitrogens with zero attached hydrogens (tertiary/aromatic N) is 1. The van der Waals surface area contributed by atoms with Crippen LogP contribution in [0.25, 0.3) is 0 Å². The topological polar surface area (TPSA) is 131 Å². The van der Waals surface area contributed by atoms with Gasteiger partial charge in [0.1, 0.15) is 12.1 Å². The fourth-order valence-corrected chi connectivity index (χ4v) is 2.82. The predicted molar refractivity (Wildman–Crippen MR) is 109 cm³/mol. The first-order chi connectivity index (χ1) is 13.4. The van der Waals surface area contributed by atoms with Crippen molar-refractivity contribution in [3.8, 4) is 0 Å². The normalized spacial score (nSPS) is 12.7. The number of nitrogens with two attached hydrogens (primary N) is 2. The van der Waals surface area contributed by atoms with E-state index in [0.717, 1.165) is 12.0 Å². The van der Waals surface area contributed by atoms with Gasteiger partial charge < -0.3 is 27.0 Å². The molecule has 0 saturated heterocycles. The molecule has 156 valence electrons. The van der Waals surface area contributed by atoms with Crippen molar-refractivity contribution in [3.05, 3.63) is 35.9 Å². The highest BCUT2D eigenvalue weighted by atomic mass is 16.2. The molecule has 8 nitrogen and oxygen atoms in total. The maximum atomic E-state index is 12.7. The fourth-order valence-electron chi connectivity index (χ4n) is 2.82. The van der Waals surface area contributed by atoms with E-state index >= 15 is 0 Å². The lowest BCUT2D eigenvalue weighted by Crippen LogP contribution is -2.54. The molecule has 0 radical (unpaired) electrons. The summed E-state index contributed by atoms with van der Waals surface area (Å²) in [7, 11) is 0. The highest BCUT2D eigenvalue weighted by Crippen LogP contribution is 2.06. The van der Waals surface area contributed by atoms with Gasteiger partial charge in [-0.1, -0.05) is 37.3 Å². The molecule has 0 fully saturated rings. The minimum absolute atomic E-state index is 0.170. The van der Waals surface area contributed by atoms with Crippen LogP contribution in [0, 0.1) is 0 Å². The van der Waals surface area contributed by atoms with Crippen LogP contribution in [0.5, 0.6) is 0 Å². The van der Waals surface area contributed by atoms with Crippen LogP contribution in [0.3, 0.4) is 0 Å². The molecule has 1 aromatic carbocycles. The Kier molecular flexibility index (Phi) is 10.8. The lowest BCUT2D eigenvalue weighted by Gasteiger charge is -2.29. The number of hydrogen-bond acceptors (Lipinski definition) is 5. The van der Waals surface area contributed by atoms with E-state index in [0.29, 0.717) is 19.5 Å². The summed E-state index contributed by atoms with van der Waals surface area (Å²) in [6.45, 7) is 4.88. The summed E-state index contributed by atoms with van der Waals surface area (Å²) in [6, 6.07) is 8.05. The van der Waals surface area contributed by atoms with Gasteiger partial charge in [-0.3, -0.25) is 14.4 Å². The average Bonchev–Trinajstić information content (AvgIpc) is 2.70. The van der Waals surface area contributed by atoms with Crippen LogP contribution in [0.4, 0.5) is 0 Å². The average molecular weight is 392 g/mol. The van der Waals surface area contributed by atoms with Gasteiger partial charge in [0.25, 0.3) is 0 Å². The molecule has 8 heteroatoms. The van der Waals surface area contributed by atoms with E-state index in [4.69, 9.17) is 11.5 Å². The Hall–Kier alpha value is -2.45. The summed E-state index contributed by atoms with van der Waals surface area (Å²) >= 11 is 0. The largest absolute Gasteiger partial charge is 0.350 e. The highest BCUT2D eigenvalue weighted by molar-refractivity contribution is 5.91. The molecule has 0 bridgehead atoms. The Morgan fingerprint density at radius 2 is 1.75 bits per heavy atom. The van der Waals surface area contributed by atoms with E-state index in [1.807, 2.05) is 37.3 Å². The molecule has 0 unspecified atom stereocenters. The van der Waals surface area contributed by atoms with Crippen molar-refractivity contribution in [2.24, 2.45) is 11.5 Å². The van der Waals surface area contributed by atoms with Gasteiger partial charge in [0, 0.05) is 26.1 Å². The zero-order chi connectivity index (χ0) is 20.9. The molecule has 1 rings (SSSR count). The van der Waals surface area contributed by atoms with Crippen LogP contribution >= 0.6 is 0 Å². The molecule has 2 atom stereocenters. The number of hydrogen-bond donors (Lipinski definition) is 4. The quantitative estimate of drug-likeness (QED) is 0.402. The molecule has 0 spiro atoms. The first-order valence-electron chi connectivity index (χ1n) is 9.76. The number of amides is 3. The SMILES string of the molecule is CCCN(C(=O)CCN)[C@@H](C)C(=O)N[C@@H](CCN)C(=O)NCc1ccccc1. The molecule has 28 heavy (non-hydrogen) atoms. The van der Waals surface area contributed by atoms with E-state index in [-0.39, 0.29) is 37.2 Å². The molecule has 0 aliphatic carbocycles. The summed E-state index contributed by atoms with van der Waals surface area (Å²) < 4.78 is 0. The lowest BCUT2D eigenvalue weighted by molar-refractivity contribution is -0.140. The molecular weight excluding hydrogens is 358 g/mol. The van der Waals surface area contributed by atoms with Crippen molar-refractivity contribution in [1.29, 1.82) is 0 Å². The first-order valence-corrected chi connectivity index (χ1v) is 9.76. The van der Waals surface area contributed by atoms with Gasteiger partial charge in [0.05, 0.1) is 0 Å². The van der Waals surface area contributed by atoms with E-state index in [9.17, 15) is 14.4 Å². The van der Waals surface area contributed by atoms with Crippen LogP contribution in [0.1, 0.15) is 38.7 Å². The Bertz CT molecular complexity index is 624. The highest BCUT2D eigenvalue weighted by Gasteiger charge is 2.28. The second-order valence-electron chi connectivity index (χ2n) is 6.64. The van der Waals surface area contributed by atoms with Gasteiger partial charge >= 0.3 is 0 Å². The van der Waals surface area contributed by atoms with Crippen molar-refractivity contribution in [3.63, 3.8) is 0 Å². The van der Waals surface area contributed by atoms with E-state index in [1.165, 1.54) is 4.90 Å². The van der Waals surface area contributed by atoms with E-state index < -0.39 is 12.1 Å². The maximum absolute atomic E-state index is 12.7. The summed E-state index contributed by atoms with van der Waals surface area (Å²) in [6.07, 6.45) is 1.21. The summed E-state index contributed by atoms with van der Waals surface area (Å²) in [4.78, 5) is 38.9. The van der Waals surface area contributed by atoms with Crippen molar-refractivity contribution in [2.75, 3.05) is 19.6 Å². The van der Waals surface area contributed by atoms with Crippen molar-refractivity contribution in [2.45, 2.75) is 51.7 Å². The Morgan fingerprint density at radius 3 is 2.32 bits per heavy atom. The second kappa shape index (κ2) is 12.9. The van der Waals surface area contributed by atoms with Crippen LogP contribution in [0.2, 0.25) is 0 Å². The first kappa shape index (κ1) is 23.6. The molecule has 1 aromatic rings. The summed E-state index contributed by atoms with van der Waals surface area (Å²) in [5.41, 5.74) is 12.0. The van der Waals surface area contributed by atoms with Gasteiger partial charge in [0.2, 0.25) is 17.7 Å². The van der Waals surface area contributed by atoms with Crippen LogP contribution in [-0.4, -0.2) is 54.3 Å². The zero-order valence-corrected chi connectivity index (χ0v) is 16.8. The smallest absolute Gasteiger partial charge is 0.243 e. The molecule has 0 saturated carbocycles. The number of rotatable bonds is 12. The predicted octanol–water partition coefficient (Wildman–Crippen LogP) is 0.112. The van der Waals surface area contributed by atoms with Crippen LogP contribution < -0.4 is 22.1 Å². The lowest BCUT2D eigenvalue weighted by atomic mass is 10.1. The Labute approximate surface area is 167 Å². The fraction of sp³-hybridized carbons (Fsp3) is 0.550. The number of nitrogens with one attached hydrogen (secondary N) is 2. The van der Waals surface area contributed by atoms with Crippen molar-refractivity contribution < 1.29 is 14.4 Å². The van der Waals surface area contributed by atoms with Crippen molar-refractivity contribution in [1.82, 2.24) is 15.5 Å². The van der Waals surface area contributed by atoms with Crippen molar-refractivity contribution >= 4 is 17.7 Å². The van der Waals surface area contributed by atoms with E-state index in [2.05, 4.69) is 10.6 Å². The second-order valence-corrected chi connectivity index (χ2v) is 6.64. The third-order valence-corrected chi connectivity index (χ3v) is 4.39. The van der Waals surface area contributed by atoms with Crippen LogP contribution in [0.15, 0.2) is 30.3 Å².